The number of rotatable bonds is 8. The Bertz CT molecular complexity index is 1220. The van der Waals surface area contributed by atoms with Crippen molar-refractivity contribution >= 4 is 11.7 Å². The number of halogens is 2. The summed E-state index contributed by atoms with van der Waals surface area (Å²) in [6.45, 7) is 8.99. The van der Waals surface area contributed by atoms with Crippen molar-refractivity contribution in [1.82, 2.24) is 25.0 Å². The number of aromatic nitrogens is 3. The standard InChI is InChI=1S/C29H42F2N6O2/c1-6-27(3,39)24-33-23(34-35-24)20-13-26(2,14-20)15-36(5)25(38)37-16-29(17-37)11-19(12-29)9-18-7-8-21(22(32)10-18)28(4,30)31/h7-8,10,19-20,39H,6,9,11-17,32H2,1-5H3,(H,33,34,35). The van der Waals surface area contributed by atoms with Gasteiger partial charge in [0.2, 0.25) is 0 Å². The van der Waals surface area contributed by atoms with E-state index in [2.05, 4.69) is 22.1 Å². The van der Waals surface area contributed by atoms with Crippen molar-refractivity contribution in [2.45, 2.75) is 83.7 Å². The Morgan fingerprint density at radius 1 is 1.23 bits per heavy atom. The van der Waals surface area contributed by atoms with E-state index < -0.39 is 11.5 Å². The van der Waals surface area contributed by atoms with E-state index in [-0.39, 0.29) is 34.0 Å². The van der Waals surface area contributed by atoms with Crippen LogP contribution in [0.5, 0.6) is 0 Å². The topological polar surface area (TPSA) is 111 Å². The summed E-state index contributed by atoms with van der Waals surface area (Å²) in [7, 11) is 1.88. The number of H-pyrrole nitrogens is 1. The third-order valence-corrected chi connectivity index (χ3v) is 9.39. The van der Waals surface area contributed by atoms with E-state index in [9.17, 15) is 18.7 Å². The molecule has 214 valence electrons. The zero-order valence-corrected chi connectivity index (χ0v) is 23.7. The summed E-state index contributed by atoms with van der Waals surface area (Å²) < 4.78 is 27.2. The number of aliphatic hydroxyl groups is 1. The number of hydrogen-bond acceptors (Lipinski definition) is 5. The van der Waals surface area contributed by atoms with Crippen LogP contribution >= 0.6 is 0 Å². The number of nitrogen functional groups attached to an aromatic ring is 1. The molecule has 1 spiro atoms. The lowest BCUT2D eigenvalue weighted by molar-refractivity contribution is -0.0772. The van der Waals surface area contributed by atoms with Crippen LogP contribution in [0.2, 0.25) is 0 Å². The van der Waals surface area contributed by atoms with Gasteiger partial charge in [-0.25, -0.2) is 13.6 Å². The van der Waals surface area contributed by atoms with Gasteiger partial charge in [-0.05, 0) is 68.4 Å². The van der Waals surface area contributed by atoms with Crippen LogP contribution < -0.4 is 5.73 Å². The summed E-state index contributed by atoms with van der Waals surface area (Å²) in [4.78, 5) is 20.1. The number of alkyl halides is 2. The molecule has 39 heavy (non-hydrogen) atoms. The number of nitrogens with one attached hydrogen (secondary N) is 1. The normalized spacial score (nSPS) is 25.9. The predicted octanol–water partition coefficient (Wildman–Crippen LogP) is 5.01. The van der Waals surface area contributed by atoms with Crippen molar-refractivity contribution in [2.75, 3.05) is 32.4 Å². The van der Waals surface area contributed by atoms with Crippen molar-refractivity contribution in [3.05, 3.63) is 41.0 Å². The molecule has 2 aromatic rings. The number of nitrogens with two attached hydrogens (primary N) is 1. The summed E-state index contributed by atoms with van der Waals surface area (Å²) in [5.41, 5.74) is 6.14. The molecule has 1 unspecified atom stereocenters. The molecule has 1 saturated heterocycles. The summed E-state index contributed by atoms with van der Waals surface area (Å²) in [6.07, 6.45) is 5.32. The van der Waals surface area contributed by atoms with Gasteiger partial charge in [-0.3, -0.25) is 0 Å². The highest BCUT2D eigenvalue weighted by Gasteiger charge is 2.54. The van der Waals surface area contributed by atoms with Gasteiger partial charge in [0.25, 0.3) is 5.92 Å². The van der Waals surface area contributed by atoms with Crippen molar-refractivity contribution in [1.29, 1.82) is 0 Å². The van der Waals surface area contributed by atoms with Crippen LogP contribution in [0.25, 0.3) is 0 Å². The van der Waals surface area contributed by atoms with Crippen LogP contribution in [0, 0.1) is 16.7 Å². The molecule has 2 heterocycles. The number of urea groups is 1. The van der Waals surface area contributed by atoms with E-state index in [0.29, 0.717) is 24.7 Å². The fourth-order valence-electron chi connectivity index (χ4n) is 7.14. The van der Waals surface area contributed by atoms with E-state index in [1.54, 1.807) is 19.1 Å². The van der Waals surface area contributed by atoms with E-state index in [4.69, 9.17) is 5.73 Å². The average Bonchev–Trinajstić information content (AvgIpc) is 3.27. The van der Waals surface area contributed by atoms with Crippen LogP contribution in [-0.4, -0.2) is 62.8 Å². The Balaban J connectivity index is 1.05. The minimum atomic E-state index is -2.94. The highest BCUT2D eigenvalue weighted by atomic mass is 19.3. The number of likely N-dealkylation sites (tertiary alicyclic amines) is 1. The van der Waals surface area contributed by atoms with Gasteiger partial charge in [-0.2, -0.15) is 0 Å². The van der Waals surface area contributed by atoms with Crippen molar-refractivity contribution in [2.24, 2.45) is 16.7 Å². The number of nitrogens with zero attached hydrogens (tertiary/aromatic N) is 4. The van der Waals surface area contributed by atoms with Gasteiger partial charge in [0.1, 0.15) is 11.4 Å². The number of hydrogen-bond donors (Lipinski definition) is 3. The van der Waals surface area contributed by atoms with Crippen LogP contribution in [0.15, 0.2) is 18.2 Å². The quantitative estimate of drug-likeness (QED) is 0.405. The Hall–Kier alpha value is -2.75. The molecule has 1 atom stereocenters. The van der Waals surface area contributed by atoms with E-state index in [0.717, 1.165) is 63.5 Å². The lowest BCUT2D eigenvalue weighted by Crippen LogP contribution is -2.66. The van der Waals surface area contributed by atoms with Gasteiger partial charge in [0.15, 0.2) is 5.82 Å². The SMILES string of the molecule is CCC(C)(O)c1nnc(C2CC(C)(CN(C)C(=O)N3CC4(CC(Cc5ccc(C(C)(F)F)c(N)c5)C4)C3)C2)[nH]1. The molecule has 0 bridgehead atoms. The number of aromatic amines is 1. The molecule has 1 aromatic heterocycles. The maximum atomic E-state index is 13.6. The first-order valence-corrected chi connectivity index (χ1v) is 14.0. The summed E-state index contributed by atoms with van der Waals surface area (Å²) in [5, 5.41) is 18.8. The van der Waals surface area contributed by atoms with Gasteiger partial charge < -0.3 is 25.6 Å². The molecular formula is C29H42F2N6O2. The number of benzene rings is 1. The summed E-state index contributed by atoms with van der Waals surface area (Å²) >= 11 is 0. The van der Waals surface area contributed by atoms with Gasteiger partial charge in [0, 0.05) is 56.2 Å². The van der Waals surface area contributed by atoms with Crippen molar-refractivity contribution in [3.8, 4) is 0 Å². The van der Waals surface area contributed by atoms with Crippen LogP contribution in [0.1, 0.15) is 88.5 Å². The van der Waals surface area contributed by atoms with Gasteiger partial charge in [0.05, 0.1) is 0 Å². The van der Waals surface area contributed by atoms with Crippen molar-refractivity contribution < 1.29 is 18.7 Å². The summed E-state index contributed by atoms with van der Waals surface area (Å²) in [5.74, 6) is -0.855. The highest BCUT2D eigenvalue weighted by molar-refractivity contribution is 5.75. The molecule has 2 aliphatic carbocycles. The van der Waals surface area contributed by atoms with Crippen LogP contribution in [0.4, 0.5) is 19.3 Å². The third kappa shape index (κ3) is 5.36. The molecule has 4 N–H and O–H groups in total. The van der Waals surface area contributed by atoms with Crippen LogP contribution in [0.3, 0.4) is 0 Å². The molecule has 0 radical (unpaired) electrons. The fourth-order valence-corrected chi connectivity index (χ4v) is 7.14. The molecule has 3 aliphatic rings. The predicted molar refractivity (Wildman–Crippen MR) is 145 cm³/mol. The third-order valence-electron chi connectivity index (χ3n) is 9.39. The van der Waals surface area contributed by atoms with Gasteiger partial charge in [-0.1, -0.05) is 26.0 Å². The number of carbonyl (C=O) groups is 1. The second kappa shape index (κ2) is 9.42. The Morgan fingerprint density at radius 3 is 2.49 bits per heavy atom. The zero-order valence-electron chi connectivity index (χ0n) is 23.7. The average molecular weight is 545 g/mol. The molecule has 8 nitrogen and oxygen atoms in total. The van der Waals surface area contributed by atoms with Crippen LogP contribution in [-0.2, 0) is 17.9 Å². The molecule has 10 heteroatoms. The first kappa shape index (κ1) is 27.8. The molecule has 5 rings (SSSR count). The zero-order chi connectivity index (χ0) is 28.4. The monoisotopic (exact) mass is 544 g/mol. The molecule has 2 amide bonds. The Labute approximate surface area is 229 Å². The number of carbonyl (C=O) groups excluding carboxylic acids is 1. The maximum Gasteiger partial charge on any atom is 0.319 e. The number of anilines is 1. The Kier molecular flexibility index (Phi) is 6.72. The minimum Gasteiger partial charge on any atom is -0.398 e. The first-order valence-electron chi connectivity index (χ1n) is 14.0. The lowest BCUT2D eigenvalue weighted by atomic mass is 9.56. The second-order valence-corrected chi connectivity index (χ2v) is 13.4. The molecule has 1 aliphatic heterocycles. The van der Waals surface area contributed by atoms with Crippen molar-refractivity contribution in [3.63, 3.8) is 0 Å². The number of amides is 2. The van der Waals surface area contributed by atoms with Gasteiger partial charge >= 0.3 is 6.03 Å². The Morgan fingerprint density at radius 2 is 1.90 bits per heavy atom. The molecule has 2 saturated carbocycles. The second-order valence-electron chi connectivity index (χ2n) is 13.4. The highest BCUT2D eigenvalue weighted by Crippen LogP contribution is 2.54. The van der Waals surface area contributed by atoms with Gasteiger partial charge in [-0.15, -0.1) is 10.2 Å². The minimum absolute atomic E-state index is 0.0263. The lowest BCUT2D eigenvalue weighted by Gasteiger charge is -2.60. The molecule has 3 fully saturated rings. The maximum absolute atomic E-state index is 13.6. The summed E-state index contributed by atoms with van der Waals surface area (Å²) in [6, 6.07) is 4.98. The van der Waals surface area contributed by atoms with E-state index in [1.165, 1.54) is 6.07 Å². The molecular weight excluding hydrogens is 502 g/mol. The van der Waals surface area contributed by atoms with E-state index in [1.807, 2.05) is 23.8 Å². The first-order chi connectivity index (χ1) is 18.1. The smallest absolute Gasteiger partial charge is 0.319 e. The fraction of sp³-hybridized carbons (Fsp3) is 0.690. The molecule has 1 aromatic carbocycles. The largest absolute Gasteiger partial charge is 0.398 e. The van der Waals surface area contributed by atoms with E-state index >= 15 is 0 Å².